The zero-order valence-corrected chi connectivity index (χ0v) is 10.5. The quantitative estimate of drug-likeness (QED) is 0.626. The van der Waals surface area contributed by atoms with Gasteiger partial charge in [0.25, 0.3) is 0 Å². The number of halogens is 2. The average Bonchev–Trinajstić information content (AvgIpc) is 2.74. The fourth-order valence-electron chi connectivity index (χ4n) is 1.80. The maximum absolute atomic E-state index is 13.6. The molecule has 0 aliphatic heterocycles. The maximum atomic E-state index is 13.6. The van der Waals surface area contributed by atoms with Gasteiger partial charge in [-0.3, -0.25) is 0 Å². The Morgan fingerprint density at radius 1 is 1.21 bits per heavy atom. The van der Waals surface area contributed by atoms with Crippen molar-refractivity contribution in [3.05, 3.63) is 47.2 Å². The molecule has 4 N–H and O–H groups in total. The molecule has 19 heavy (non-hydrogen) atoms. The number of fused-ring (bicyclic) bond motifs is 1. The Bertz CT molecular complexity index is 753. The van der Waals surface area contributed by atoms with Gasteiger partial charge in [0, 0.05) is 10.7 Å². The van der Waals surface area contributed by atoms with Crippen LogP contribution in [-0.2, 0) is 0 Å². The Balaban J connectivity index is 1.96. The molecule has 0 aliphatic rings. The van der Waals surface area contributed by atoms with Gasteiger partial charge >= 0.3 is 0 Å². The lowest BCUT2D eigenvalue weighted by Gasteiger charge is -2.04. The highest BCUT2D eigenvalue weighted by molar-refractivity contribution is 6.30. The summed E-state index contributed by atoms with van der Waals surface area (Å²) in [5.41, 5.74) is 8.17. The van der Waals surface area contributed by atoms with Crippen molar-refractivity contribution in [2.75, 3.05) is 11.1 Å². The fourth-order valence-corrected chi connectivity index (χ4v) is 1.96. The van der Waals surface area contributed by atoms with Crippen LogP contribution in [-0.4, -0.2) is 9.97 Å². The van der Waals surface area contributed by atoms with Gasteiger partial charge in [-0.15, -0.1) is 0 Å². The first kappa shape index (κ1) is 11.8. The summed E-state index contributed by atoms with van der Waals surface area (Å²) < 4.78 is 13.6. The Morgan fingerprint density at radius 2 is 2.05 bits per heavy atom. The molecular formula is C13H10ClFN4. The first-order chi connectivity index (χ1) is 9.11. The monoisotopic (exact) mass is 276 g/mol. The lowest BCUT2D eigenvalue weighted by atomic mass is 10.3. The van der Waals surface area contributed by atoms with Crippen molar-refractivity contribution in [1.29, 1.82) is 0 Å². The molecule has 1 heterocycles. The Morgan fingerprint density at radius 3 is 2.84 bits per heavy atom. The van der Waals surface area contributed by atoms with Crippen molar-refractivity contribution < 1.29 is 4.39 Å². The summed E-state index contributed by atoms with van der Waals surface area (Å²) in [4.78, 5) is 7.32. The number of rotatable bonds is 2. The van der Waals surface area contributed by atoms with Crippen molar-refractivity contribution >= 4 is 40.0 Å². The number of aromatic nitrogens is 2. The van der Waals surface area contributed by atoms with E-state index in [1.54, 1.807) is 30.3 Å². The number of nitrogens with two attached hydrogens (primary N) is 1. The Kier molecular flexibility index (Phi) is 2.76. The van der Waals surface area contributed by atoms with E-state index in [4.69, 9.17) is 17.3 Å². The molecule has 0 saturated carbocycles. The highest BCUT2D eigenvalue weighted by Gasteiger charge is 2.07. The van der Waals surface area contributed by atoms with Crippen molar-refractivity contribution in [3.8, 4) is 0 Å². The molecule has 4 nitrogen and oxygen atoms in total. The summed E-state index contributed by atoms with van der Waals surface area (Å²) in [5, 5.41) is 3.21. The van der Waals surface area contributed by atoms with Crippen LogP contribution in [0.2, 0.25) is 5.02 Å². The molecule has 1 aromatic heterocycles. The molecule has 3 rings (SSSR count). The van der Waals surface area contributed by atoms with E-state index < -0.39 is 5.82 Å². The summed E-state index contributed by atoms with van der Waals surface area (Å²) in [6, 6.07) is 9.73. The molecule has 96 valence electrons. The third-order valence-corrected chi connectivity index (χ3v) is 2.93. The highest BCUT2D eigenvalue weighted by Crippen LogP contribution is 2.23. The van der Waals surface area contributed by atoms with Gasteiger partial charge in [-0.2, -0.15) is 0 Å². The molecular weight excluding hydrogens is 267 g/mol. The van der Waals surface area contributed by atoms with Gasteiger partial charge in [-0.05, 0) is 36.4 Å². The van der Waals surface area contributed by atoms with E-state index in [0.29, 0.717) is 22.3 Å². The maximum Gasteiger partial charge on any atom is 0.205 e. The molecule has 2 aromatic carbocycles. The minimum Gasteiger partial charge on any atom is -0.399 e. The summed E-state index contributed by atoms with van der Waals surface area (Å²) in [6.07, 6.45) is 0. The number of H-pyrrole nitrogens is 1. The van der Waals surface area contributed by atoms with E-state index in [2.05, 4.69) is 15.3 Å². The Hall–Kier alpha value is -2.27. The molecule has 0 atom stereocenters. The molecule has 0 radical (unpaired) electrons. The zero-order valence-electron chi connectivity index (χ0n) is 9.74. The van der Waals surface area contributed by atoms with Crippen LogP contribution >= 0.6 is 11.6 Å². The number of nitrogen functional groups attached to an aromatic ring is 1. The molecule has 6 heteroatoms. The number of imidazole rings is 1. The second kappa shape index (κ2) is 4.44. The minimum absolute atomic E-state index is 0.302. The zero-order chi connectivity index (χ0) is 13.4. The van der Waals surface area contributed by atoms with Gasteiger partial charge in [-0.1, -0.05) is 11.6 Å². The summed E-state index contributed by atoms with van der Waals surface area (Å²) in [5.74, 6) is 0.00860. The van der Waals surface area contributed by atoms with E-state index in [1.165, 1.54) is 6.07 Å². The standard InChI is InChI=1S/C13H10ClFN4/c14-7-1-3-10(9(15)5-7)17-13-18-11-4-2-8(16)6-12(11)19-13/h1-6H,16H2,(H2,17,18,19). The summed E-state index contributed by atoms with van der Waals surface area (Å²) in [6.45, 7) is 0. The number of benzene rings is 2. The lowest BCUT2D eigenvalue weighted by Crippen LogP contribution is -1.95. The highest BCUT2D eigenvalue weighted by atomic mass is 35.5. The molecule has 0 aliphatic carbocycles. The predicted molar refractivity (Wildman–Crippen MR) is 75.2 cm³/mol. The lowest BCUT2D eigenvalue weighted by molar-refractivity contribution is 0.632. The molecule has 0 unspecified atom stereocenters. The van der Waals surface area contributed by atoms with Crippen LogP contribution in [0.3, 0.4) is 0 Å². The van der Waals surface area contributed by atoms with Gasteiger partial charge in [-0.25, -0.2) is 9.37 Å². The summed E-state index contributed by atoms with van der Waals surface area (Å²) >= 11 is 5.70. The third-order valence-electron chi connectivity index (χ3n) is 2.69. The van der Waals surface area contributed by atoms with Crippen molar-refractivity contribution in [3.63, 3.8) is 0 Å². The van der Waals surface area contributed by atoms with Gasteiger partial charge in [0.2, 0.25) is 5.95 Å². The topological polar surface area (TPSA) is 66.7 Å². The van der Waals surface area contributed by atoms with Crippen LogP contribution in [0, 0.1) is 5.82 Å². The molecule has 0 saturated heterocycles. The van der Waals surface area contributed by atoms with E-state index in [-0.39, 0.29) is 0 Å². The largest absolute Gasteiger partial charge is 0.399 e. The van der Waals surface area contributed by atoms with Gasteiger partial charge in [0.05, 0.1) is 16.7 Å². The van der Waals surface area contributed by atoms with Crippen LogP contribution in [0.15, 0.2) is 36.4 Å². The first-order valence-electron chi connectivity index (χ1n) is 5.59. The molecule has 0 spiro atoms. The number of hydrogen-bond donors (Lipinski definition) is 3. The average molecular weight is 277 g/mol. The van der Waals surface area contributed by atoms with E-state index in [0.717, 1.165) is 11.0 Å². The number of anilines is 3. The number of hydrogen-bond acceptors (Lipinski definition) is 3. The van der Waals surface area contributed by atoms with Gasteiger partial charge in [0.15, 0.2) is 0 Å². The minimum atomic E-state index is -0.438. The number of nitrogens with zero attached hydrogens (tertiary/aromatic N) is 1. The second-order valence-corrected chi connectivity index (χ2v) is 4.55. The first-order valence-corrected chi connectivity index (χ1v) is 5.97. The molecule has 0 amide bonds. The number of nitrogens with one attached hydrogen (secondary N) is 2. The van der Waals surface area contributed by atoms with Crippen LogP contribution < -0.4 is 11.1 Å². The van der Waals surface area contributed by atoms with Crippen molar-refractivity contribution in [2.45, 2.75) is 0 Å². The molecule has 0 bridgehead atoms. The van der Waals surface area contributed by atoms with Gasteiger partial charge < -0.3 is 16.0 Å². The van der Waals surface area contributed by atoms with E-state index in [1.807, 2.05) is 0 Å². The Labute approximate surface area is 113 Å². The SMILES string of the molecule is Nc1ccc2nc(Nc3ccc(Cl)cc3F)[nH]c2c1. The third kappa shape index (κ3) is 2.32. The normalized spacial score (nSPS) is 10.8. The van der Waals surface area contributed by atoms with Crippen LogP contribution in [0.25, 0.3) is 11.0 Å². The van der Waals surface area contributed by atoms with Crippen LogP contribution in [0.5, 0.6) is 0 Å². The predicted octanol–water partition coefficient (Wildman–Crippen LogP) is 3.68. The van der Waals surface area contributed by atoms with Crippen molar-refractivity contribution in [1.82, 2.24) is 9.97 Å². The number of aromatic amines is 1. The molecule has 3 aromatic rings. The fraction of sp³-hybridized carbons (Fsp3) is 0. The van der Waals surface area contributed by atoms with E-state index >= 15 is 0 Å². The second-order valence-electron chi connectivity index (χ2n) is 4.11. The van der Waals surface area contributed by atoms with Crippen LogP contribution in [0.1, 0.15) is 0 Å². The van der Waals surface area contributed by atoms with Crippen molar-refractivity contribution in [2.24, 2.45) is 0 Å². The van der Waals surface area contributed by atoms with E-state index in [9.17, 15) is 4.39 Å². The smallest absolute Gasteiger partial charge is 0.205 e. The molecule has 0 fully saturated rings. The van der Waals surface area contributed by atoms with Crippen LogP contribution in [0.4, 0.5) is 21.7 Å². The van der Waals surface area contributed by atoms with Gasteiger partial charge in [0.1, 0.15) is 5.82 Å². The summed E-state index contributed by atoms with van der Waals surface area (Å²) in [7, 11) is 0.